The zero-order valence-corrected chi connectivity index (χ0v) is 13.5. The number of hydrogen-bond donors (Lipinski definition) is 1. The maximum atomic E-state index is 12.2. The third kappa shape index (κ3) is 3.12. The molecule has 0 bridgehead atoms. The van der Waals surface area contributed by atoms with Crippen molar-refractivity contribution < 1.29 is 23.8 Å². The van der Waals surface area contributed by atoms with Crippen molar-refractivity contribution in [2.24, 2.45) is 0 Å². The van der Waals surface area contributed by atoms with Gasteiger partial charge in [0.2, 0.25) is 0 Å². The van der Waals surface area contributed by atoms with Crippen molar-refractivity contribution in [3.8, 4) is 17.6 Å². The Morgan fingerprint density at radius 2 is 2.04 bits per heavy atom. The van der Waals surface area contributed by atoms with Gasteiger partial charge in [0.25, 0.3) is 5.91 Å². The molecule has 1 aliphatic rings. The Hall–Kier alpha value is -3.11. The summed E-state index contributed by atoms with van der Waals surface area (Å²) < 4.78 is 10.3. The molecule has 1 N–H and O–H groups in total. The Labute approximate surface area is 142 Å². The Morgan fingerprint density at radius 3 is 2.72 bits per heavy atom. The molecule has 2 heterocycles. The molecule has 1 amide bonds. The maximum absolute atomic E-state index is 12.2. The van der Waals surface area contributed by atoms with Crippen LogP contribution in [0.15, 0.2) is 21.3 Å². The number of fused-ring (bicyclic) bond motifs is 1. The van der Waals surface area contributed by atoms with Gasteiger partial charge in [-0.2, -0.15) is 0 Å². The van der Waals surface area contributed by atoms with Gasteiger partial charge in [0.15, 0.2) is 11.9 Å². The van der Waals surface area contributed by atoms with E-state index in [0.717, 1.165) is 0 Å². The van der Waals surface area contributed by atoms with Gasteiger partial charge in [0.05, 0.1) is 18.8 Å². The topological polar surface area (TPSA) is 97.0 Å². The lowest BCUT2D eigenvalue weighted by molar-refractivity contribution is -0.129. The molecule has 1 aliphatic heterocycles. The molecule has 0 radical (unpaired) electrons. The number of phenolic OH excluding ortho intramolecular Hbond substituents is 1. The highest BCUT2D eigenvalue weighted by molar-refractivity contribution is 5.99. The lowest BCUT2D eigenvalue weighted by Gasteiger charge is -2.24. The van der Waals surface area contributed by atoms with Gasteiger partial charge in [0, 0.05) is 24.4 Å². The molecule has 128 valence electrons. The molecular formula is C18H15NO6. The van der Waals surface area contributed by atoms with Crippen LogP contribution in [-0.2, 0) is 9.53 Å². The normalized spacial score (nSPS) is 14.0. The molecule has 3 rings (SSSR count). The second kappa shape index (κ2) is 6.79. The van der Waals surface area contributed by atoms with Crippen LogP contribution in [0.25, 0.3) is 11.0 Å². The van der Waals surface area contributed by atoms with Crippen molar-refractivity contribution in [2.45, 2.75) is 6.92 Å². The number of phenols is 1. The molecule has 0 saturated carbocycles. The Kier molecular flexibility index (Phi) is 4.55. The number of benzene rings is 1. The third-order valence-corrected chi connectivity index (χ3v) is 4.06. The van der Waals surface area contributed by atoms with Crippen LogP contribution < -0.4 is 5.63 Å². The molecular weight excluding hydrogens is 326 g/mol. The molecule has 7 nitrogen and oxygen atoms in total. The first-order valence-electron chi connectivity index (χ1n) is 7.66. The highest BCUT2D eigenvalue weighted by Gasteiger charge is 2.17. The number of hydrogen-bond acceptors (Lipinski definition) is 6. The largest absolute Gasteiger partial charge is 0.507 e. The first kappa shape index (κ1) is 16.7. The number of nitrogens with zero attached hydrogens (tertiary/aromatic N) is 1. The summed E-state index contributed by atoms with van der Waals surface area (Å²) in [6.07, 6.45) is 0.424. The fourth-order valence-corrected chi connectivity index (χ4v) is 2.65. The molecule has 0 unspecified atom stereocenters. The fourth-order valence-electron chi connectivity index (χ4n) is 2.65. The van der Waals surface area contributed by atoms with Gasteiger partial charge in [-0.15, -0.1) is 0 Å². The maximum Gasteiger partial charge on any atom is 0.352 e. The molecule has 7 heteroatoms. The van der Waals surface area contributed by atoms with Gasteiger partial charge < -0.3 is 19.2 Å². The summed E-state index contributed by atoms with van der Waals surface area (Å²) in [5.41, 5.74) is -0.321. The van der Waals surface area contributed by atoms with E-state index in [4.69, 9.17) is 9.15 Å². The number of ether oxygens (including phenoxy) is 1. The van der Waals surface area contributed by atoms with Crippen molar-refractivity contribution in [3.05, 3.63) is 39.2 Å². The Bertz CT molecular complexity index is 973. The van der Waals surface area contributed by atoms with E-state index in [2.05, 4.69) is 11.8 Å². The van der Waals surface area contributed by atoms with E-state index in [1.807, 2.05) is 0 Å². The van der Waals surface area contributed by atoms with E-state index in [9.17, 15) is 19.5 Å². The second-order valence-electron chi connectivity index (χ2n) is 5.54. The van der Waals surface area contributed by atoms with Crippen molar-refractivity contribution in [1.82, 2.24) is 4.90 Å². The van der Waals surface area contributed by atoms with Gasteiger partial charge in [0.1, 0.15) is 11.3 Å². The number of amides is 1. The molecule has 1 saturated heterocycles. The summed E-state index contributed by atoms with van der Waals surface area (Å²) in [6.45, 7) is 3.49. The van der Waals surface area contributed by atoms with Gasteiger partial charge in [-0.3, -0.25) is 9.59 Å². The smallest absolute Gasteiger partial charge is 0.352 e. The average Bonchev–Trinajstić information content (AvgIpc) is 2.62. The molecule has 0 spiro atoms. The van der Waals surface area contributed by atoms with Crippen LogP contribution in [-0.4, -0.2) is 48.5 Å². The van der Waals surface area contributed by atoms with E-state index < -0.39 is 5.63 Å². The van der Waals surface area contributed by atoms with Crippen LogP contribution in [0.3, 0.4) is 0 Å². The summed E-state index contributed by atoms with van der Waals surface area (Å²) in [5.74, 6) is 4.38. The van der Waals surface area contributed by atoms with Crippen LogP contribution in [0.5, 0.6) is 5.75 Å². The molecule has 0 atom stereocenters. The average molecular weight is 341 g/mol. The van der Waals surface area contributed by atoms with Crippen molar-refractivity contribution in [2.75, 3.05) is 26.3 Å². The van der Waals surface area contributed by atoms with Crippen LogP contribution in [0.2, 0.25) is 0 Å². The summed E-state index contributed by atoms with van der Waals surface area (Å²) in [4.78, 5) is 37.0. The summed E-state index contributed by atoms with van der Waals surface area (Å²) in [6, 6.07) is 2.88. The molecule has 1 aromatic heterocycles. The minimum Gasteiger partial charge on any atom is -0.507 e. The summed E-state index contributed by atoms with van der Waals surface area (Å²) in [5, 5.41) is 10.2. The van der Waals surface area contributed by atoms with E-state index in [-0.39, 0.29) is 28.4 Å². The van der Waals surface area contributed by atoms with Crippen LogP contribution >= 0.6 is 0 Å². The third-order valence-electron chi connectivity index (χ3n) is 4.06. The SMILES string of the molecule is Cc1c(C#CC(=O)N2CCOCC2)c(=O)oc2c(C=O)c(O)ccc12. The van der Waals surface area contributed by atoms with E-state index >= 15 is 0 Å². The van der Waals surface area contributed by atoms with Gasteiger partial charge in [-0.1, -0.05) is 0 Å². The molecule has 1 aromatic carbocycles. The van der Waals surface area contributed by atoms with Crippen molar-refractivity contribution >= 4 is 23.2 Å². The van der Waals surface area contributed by atoms with Crippen LogP contribution in [0.1, 0.15) is 21.5 Å². The highest BCUT2D eigenvalue weighted by atomic mass is 16.5. The monoisotopic (exact) mass is 341 g/mol. The quantitative estimate of drug-likeness (QED) is 0.469. The van der Waals surface area contributed by atoms with Gasteiger partial charge >= 0.3 is 5.63 Å². The minimum atomic E-state index is -0.763. The number of rotatable bonds is 1. The number of aldehydes is 1. The van der Waals surface area contributed by atoms with E-state index in [1.165, 1.54) is 12.1 Å². The summed E-state index contributed by atoms with van der Waals surface area (Å²) >= 11 is 0. The standard InChI is InChI=1S/C18H15NO6/c1-11-12-2-4-15(21)14(10-20)17(12)25-18(23)13(11)3-5-16(22)19-6-8-24-9-7-19/h2,4,10,21H,6-9H2,1H3. The van der Waals surface area contributed by atoms with Crippen LogP contribution in [0.4, 0.5) is 0 Å². The fraction of sp³-hybridized carbons (Fsp3) is 0.278. The minimum absolute atomic E-state index is 0.00237. The molecule has 25 heavy (non-hydrogen) atoms. The van der Waals surface area contributed by atoms with Gasteiger partial charge in [-0.05, 0) is 30.5 Å². The predicted octanol–water partition coefficient (Wildman–Crippen LogP) is 0.830. The predicted molar refractivity (Wildman–Crippen MR) is 88.6 cm³/mol. The number of carbonyl (C=O) groups excluding carboxylic acids is 2. The number of carbonyl (C=O) groups is 2. The zero-order valence-electron chi connectivity index (χ0n) is 13.5. The molecule has 0 aliphatic carbocycles. The van der Waals surface area contributed by atoms with Crippen LogP contribution in [0, 0.1) is 18.8 Å². The molecule has 2 aromatic rings. The second-order valence-corrected chi connectivity index (χ2v) is 5.54. The summed E-state index contributed by atoms with van der Waals surface area (Å²) in [7, 11) is 0. The van der Waals surface area contributed by atoms with Crippen molar-refractivity contribution in [1.29, 1.82) is 0 Å². The van der Waals surface area contributed by atoms with Crippen molar-refractivity contribution in [3.63, 3.8) is 0 Å². The zero-order chi connectivity index (χ0) is 18.0. The Morgan fingerprint density at radius 1 is 1.32 bits per heavy atom. The lowest BCUT2D eigenvalue weighted by atomic mass is 10.0. The Balaban J connectivity index is 2.05. The highest BCUT2D eigenvalue weighted by Crippen LogP contribution is 2.27. The lowest BCUT2D eigenvalue weighted by Crippen LogP contribution is -2.40. The van der Waals surface area contributed by atoms with E-state index in [1.54, 1.807) is 11.8 Å². The number of aryl methyl sites for hydroxylation is 1. The number of aromatic hydroxyl groups is 1. The molecule has 1 fully saturated rings. The van der Waals surface area contributed by atoms with Gasteiger partial charge in [-0.25, -0.2) is 4.79 Å². The first-order chi connectivity index (χ1) is 12.0. The van der Waals surface area contributed by atoms with E-state index in [0.29, 0.717) is 43.5 Å². The number of morpholine rings is 1. The first-order valence-corrected chi connectivity index (χ1v) is 7.66.